The van der Waals surface area contributed by atoms with Gasteiger partial charge in [-0.25, -0.2) is 4.79 Å². The van der Waals surface area contributed by atoms with E-state index >= 15 is 0 Å². The Morgan fingerprint density at radius 2 is 2.15 bits per heavy atom. The minimum absolute atomic E-state index is 0.134. The second kappa shape index (κ2) is 4.25. The van der Waals surface area contributed by atoms with Crippen LogP contribution in [0.15, 0.2) is 24.3 Å². The minimum atomic E-state index is -1.00. The molecule has 6 heteroatoms. The van der Waals surface area contributed by atoms with E-state index in [4.69, 9.17) is 9.47 Å². The van der Waals surface area contributed by atoms with Crippen LogP contribution < -0.4 is 4.90 Å². The average Bonchev–Trinajstić information content (AvgIpc) is 3.32. The molecule has 1 aromatic carbocycles. The third-order valence-corrected chi connectivity index (χ3v) is 7.81. The van der Waals surface area contributed by atoms with Gasteiger partial charge in [-0.2, -0.15) is 0 Å². The Hall–Kier alpha value is -2.08. The highest BCUT2D eigenvalue weighted by molar-refractivity contribution is 5.89. The number of carbonyl (C=O) groups is 2. The highest BCUT2D eigenvalue weighted by Gasteiger charge is 2.88. The topological polar surface area (TPSA) is 59.1 Å². The molecule has 6 rings (SSSR count). The molecule has 0 radical (unpaired) electrons. The molecule has 0 N–H and O–H groups in total. The smallest absolute Gasteiger partial charge is 0.340 e. The summed E-state index contributed by atoms with van der Waals surface area (Å²) in [5.74, 6) is 0.0419. The lowest BCUT2D eigenvalue weighted by Gasteiger charge is -2.54. The highest BCUT2D eigenvalue weighted by atomic mass is 16.6. The van der Waals surface area contributed by atoms with E-state index in [1.54, 1.807) is 0 Å². The first-order valence-electron chi connectivity index (χ1n) is 9.44. The molecule has 0 aromatic heterocycles. The van der Waals surface area contributed by atoms with Crippen LogP contribution in [0.25, 0.3) is 0 Å². The lowest BCUT2D eigenvalue weighted by Crippen LogP contribution is -2.69. The molecule has 2 spiro atoms. The van der Waals surface area contributed by atoms with Gasteiger partial charge in [0.05, 0.1) is 18.6 Å². The number of nitrogens with zero attached hydrogens (tertiary/aromatic N) is 2. The number of fused-ring (bicyclic) bond motifs is 3. The normalized spacial score (nSPS) is 44.2. The first-order chi connectivity index (χ1) is 12.5. The zero-order chi connectivity index (χ0) is 17.9. The predicted molar refractivity (Wildman–Crippen MR) is 92.5 cm³/mol. The number of methoxy groups -OCH3 is 1. The molecule has 1 aromatic rings. The summed E-state index contributed by atoms with van der Waals surface area (Å²) in [6, 6.07) is 8.25. The Balaban J connectivity index is 1.70. The molecule has 0 saturated carbocycles. The first kappa shape index (κ1) is 15.0. The van der Waals surface area contributed by atoms with Crippen molar-refractivity contribution in [2.45, 2.75) is 48.5 Å². The van der Waals surface area contributed by atoms with E-state index < -0.39 is 11.3 Å². The monoisotopic (exact) mass is 354 g/mol. The molecule has 2 bridgehead atoms. The lowest BCUT2D eigenvalue weighted by atomic mass is 9.55. The number of benzene rings is 1. The maximum atomic E-state index is 13.1. The molecule has 0 aliphatic carbocycles. The summed E-state index contributed by atoms with van der Waals surface area (Å²) < 4.78 is 12.0. The maximum Gasteiger partial charge on any atom is 0.340 e. The molecule has 5 atom stereocenters. The number of para-hydroxylation sites is 1. The molecular formula is C20H22N2O4. The zero-order valence-electron chi connectivity index (χ0n) is 15.0. The van der Waals surface area contributed by atoms with Crippen molar-refractivity contribution in [1.29, 1.82) is 0 Å². The van der Waals surface area contributed by atoms with Crippen LogP contribution in [0.1, 0.15) is 31.2 Å². The van der Waals surface area contributed by atoms with Gasteiger partial charge >= 0.3 is 5.97 Å². The van der Waals surface area contributed by atoms with Gasteiger partial charge in [0.15, 0.2) is 11.3 Å². The van der Waals surface area contributed by atoms with Crippen molar-refractivity contribution < 1.29 is 19.1 Å². The summed E-state index contributed by atoms with van der Waals surface area (Å²) in [6.07, 6.45) is 2.76. The molecule has 5 heterocycles. The summed E-state index contributed by atoms with van der Waals surface area (Å²) in [5.41, 5.74) is 0.302. The van der Waals surface area contributed by atoms with Gasteiger partial charge in [0.25, 0.3) is 0 Å². The van der Waals surface area contributed by atoms with Crippen molar-refractivity contribution in [3.8, 4) is 0 Å². The van der Waals surface area contributed by atoms with E-state index in [1.165, 1.54) is 12.7 Å². The molecule has 1 amide bonds. The SMILES string of the molecule is COC(=O)[C@@]12C[C@@H]3CCN4C(=O)CC[C@@]5(c6ccccc6N(C)[C@@H]15)[C@@]34O2. The van der Waals surface area contributed by atoms with E-state index in [2.05, 4.69) is 23.1 Å². The number of rotatable bonds is 1. The van der Waals surface area contributed by atoms with Crippen LogP contribution in [0.2, 0.25) is 0 Å². The van der Waals surface area contributed by atoms with Gasteiger partial charge in [0.1, 0.15) is 0 Å². The zero-order valence-corrected chi connectivity index (χ0v) is 15.0. The largest absolute Gasteiger partial charge is 0.467 e. The molecule has 26 heavy (non-hydrogen) atoms. The number of hydrogen-bond acceptors (Lipinski definition) is 5. The molecular weight excluding hydrogens is 332 g/mol. The molecule has 4 saturated heterocycles. The Kier molecular flexibility index (Phi) is 2.45. The number of esters is 1. The van der Waals surface area contributed by atoms with Crippen LogP contribution >= 0.6 is 0 Å². The summed E-state index contributed by atoms with van der Waals surface area (Å²) in [4.78, 5) is 30.0. The Morgan fingerprint density at radius 1 is 1.35 bits per heavy atom. The minimum Gasteiger partial charge on any atom is -0.467 e. The van der Waals surface area contributed by atoms with Crippen molar-refractivity contribution in [3.63, 3.8) is 0 Å². The van der Waals surface area contributed by atoms with Gasteiger partial charge in [0.2, 0.25) is 5.91 Å². The lowest BCUT2D eigenvalue weighted by molar-refractivity contribution is -0.196. The quantitative estimate of drug-likeness (QED) is 0.714. The van der Waals surface area contributed by atoms with E-state index in [0.717, 1.165) is 25.1 Å². The van der Waals surface area contributed by atoms with Crippen molar-refractivity contribution >= 4 is 17.6 Å². The van der Waals surface area contributed by atoms with Crippen molar-refractivity contribution in [3.05, 3.63) is 29.8 Å². The molecule has 5 aliphatic heterocycles. The number of carbonyl (C=O) groups excluding carboxylic acids is 2. The Bertz CT molecular complexity index is 871. The summed E-state index contributed by atoms with van der Waals surface area (Å²) in [7, 11) is 3.49. The van der Waals surface area contributed by atoms with E-state index in [-0.39, 0.29) is 29.3 Å². The van der Waals surface area contributed by atoms with Gasteiger partial charge in [-0.05, 0) is 30.9 Å². The van der Waals surface area contributed by atoms with E-state index in [0.29, 0.717) is 12.8 Å². The van der Waals surface area contributed by atoms with Crippen LogP contribution in [0, 0.1) is 5.92 Å². The second-order valence-electron chi connectivity index (χ2n) is 8.42. The number of amides is 1. The van der Waals surface area contributed by atoms with Gasteiger partial charge in [-0.15, -0.1) is 0 Å². The fourth-order valence-corrected chi connectivity index (χ4v) is 7.28. The molecule has 6 nitrogen and oxygen atoms in total. The van der Waals surface area contributed by atoms with Crippen molar-refractivity contribution in [1.82, 2.24) is 4.90 Å². The summed E-state index contributed by atoms with van der Waals surface area (Å²) >= 11 is 0. The molecule has 4 fully saturated rings. The standard InChI is InChI=1S/C20H22N2O4/c1-21-14-6-4-3-5-13(14)18-9-7-15(23)22-10-8-12-11-19(16(18)21,17(24)25-2)26-20(12,18)22/h3-6,12,16H,7-11H2,1-2H3/t12-,16+,18-,19+,20-/m0/s1. The third kappa shape index (κ3) is 1.19. The Morgan fingerprint density at radius 3 is 2.96 bits per heavy atom. The number of anilines is 1. The number of ether oxygens (including phenoxy) is 2. The molecule has 5 aliphatic rings. The van der Waals surface area contributed by atoms with Crippen molar-refractivity contribution in [2.24, 2.45) is 5.92 Å². The fraction of sp³-hybridized carbons (Fsp3) is 0.600. The summed E-state index contributed by atoms with van der Waals surface area (Å²) in [6.45, 7) is 0.723. The second-order valence-corrected chi connectivity index (χ2v) is 8.42. The maximum absolute atomic E-state index is 13.1. The molecule has 0 unspecified atom stereocenters. The number of hydrogen-bond donors (Lipinski definition) is 0. The van der Waals surface area contributed by atoms with Gasteiger partial charge < -0.3 is 19.3 Å². The highest BCUT2D eigenvalue weighted by Crippen LogP contribution is 2.74. The van der Waals surface area contributed by atoms with Crippen molar-refractivity contribution in [2.75, 3.05) is 25.6 Å². The Labute approximate surface area is 152 Å². The average molecular weight is 354 g/mol. The van der Waals surface area contributed by atoms with Crippen LogP contribution in [-0.4, -0.2) is 54.8 Å². The van der Waals surface area contributed by atoms with E-state index in [9.17, 15) is 9.59 Å². The van der Waals surface area contributed by atoms with Crippen LogP contribution in [0.3, 0.4) is 0 Å². The predicted octanol–water partition coefficient (Wildman–Crippen LogP) is 1.43. The van der Waals surface area contributed by atoms with Gasteiger partial charge in [-0.3, -0.25) is 4.79 Å². The number of piperidine rings is 1. The van der Waals surface area contributed by atoms with Gasteiger partial charge in [-0.1, -0.05) is 18.2 Å². The fourth-order valence-electron chi connectivity index (χ4n) is 7.28. The third-order valence-electron chi connectivity index (χ3n) is 7.81. The van der Waals surface area contributed by atoms with Crippen LogP contribution in [0.4, 0.5) is 5.69 Å². The molecule has 136 valence electrons. The number of likely N-dealkylation sites (N-methyl/N-ethyl adjacent to an activating group) is 1. The van der Waals surface area contributed by atoms with Crippen LogP contribution in [-0.2, 0) is 24.5 Å². The first-order valence-corrected chi connectivity index (χ1v) is 9.44. The summed E-state index contributed by atoms with van der Waals surface area (Å²) in [5, 5.41) is 0. The van der Waals surface area contributed by atoms with Gasteiger partial charge in [0, 0.05) is 31.6 Å². The van der Waals surface area contributed by atoms with Crippen LogP contribution in [0.5, 0.6) is 0 Å². The van der Waals surface area contributed by atoms with E-state index in [1.807, 2.05) is 18.0 Å².